The molecule has 1 aliphatic heterocycles. The van der Waals surface area contributed by atoms with Crippen LogP contribution in [0.4, 0.5) is 17.3 Å². The van der Waals surface area contributed by atoms with E-state index in [4.69, 9.17) is 19.9 Å². The second-order valence-corrected chi connectivity index (χ2v) is 6.48. The van der Waals surface area contributed by atoms with Crippen molar-refractivity contribution in [3.8, 4) is 17.2 Å². The fourth-order valence-electron chi connectivity index (χ4n) is 3.25. The molecule has 1 amide bonds. The van der Waals surface area contributed by atoms with E-state index in [2.05, 4.69) is 20.4 Å². The number of hydrogen-bond donors (Lipinski definition) is 2. The molecule has 3 rings (SSSR count). The number of benzene rings is 1. The van der Waals surface area contributed by atoms with Gasteiger partial charge >= 0.3 is 0 Å². The second-order valence-electron chi connectivity index (χ2n) is 6.48. The molecule has 0 spiro atoms. The van der Waals surface area contributed by atoms with Gasteiger partial charge in [-0.15, -0.1) is 10.2 Å². The Labute approximate surface area is 163 Å². The van der Waals surface area contributed by atoms with Gasteiger partial charge in [0.2, 0.25) is 11.7 Å². The van der Waals surface area contributed by atoms with Crippen LogP contribution >= 0.6 is 0 Å². The summed E-state index contributed by atoms with van der Waals surface area (Å²) in [4.78, 5) is 13.4. The van der Waals surface area contributed by atoms with Crippen LogP contribution in [-0.4, -0.2) is 50.5 Å². The summed E-state index contributed by atoms with van der Waals surface area (Å²) in [6, 6.07) is 7.35. The molecule has 0 atom stereocenters. The fourth-order valence-corrected chi connectivity index (χ4v) is 3.25. The zero-order valence-electron chi connectivity index (χ0n) is 16.3. The minimum Gasteiger partial charge on any atom is -0.493 e. The van der Waals surface area contributed by atoms with Crippen LogP contribution in [0.5, 0.6) is 17.2 Å². The van der Waals surface area contributed by atoms with Gasteiger partial charge in [-0.05, 0) is 25.0 Å². The van der Waals surface area contributed by atoms with Crippen LogP contribution in [0, 0.1) is 5.92 Å². The molecule has 0 radical (unpaired) electrons. The predicted octanol–water partition coefficient (Wildman–Crippen LogP) is 1.95. The molecule has 1 aliphatic rings. The number of nitrogens with one attached hydrogen (secondary N) is 1. The Morgan fingerprint density at radius 1 is 1.07 bits per heavy atom. The lowest BCUT2D eigenvalue weighted by atomic mass is 9.96. The summed E-state index contributed by atoms with van der Waals surface area (Å²) in [6.07, 6.45) is 1.48. The summed E-state index contributed by atoms with van der Waals surface area (Å²) in [5.41, 5.74) is 6.12. The molecule has 1 aromatic carbocycles. The molecular formula is C19H25N5O4. The molecule has 0 unspecified atom stereocenters. The number of primary amides is 1. The highest BCUT2D eigenvalue weighted by molar-refractivity contribution is 5.77. The average Bonchev–Trinajstić information content (AvgIpc) is 2.73. The highest BCUT2D eigenvalue weighted by atomic mass is 16.5. The van der Waals surface area contributed by atoms with Gasteiger partial charge in [-0.1, -0.05) is 0 Å². The monoisotopic (exact) mass is 387 g/mol. The lowest BCUT2D eigenvalue weighted by Gasteiger charge is -2.31. The average molecular weight is 387 g/mol. The Kier molecular flexibility index (Phi) is 6.03. The zero-order valence-corrected chi connectivity index (χ0v) is 16.3. The minimum atomic E-state index is -0.226. The number of methoxy groups -OCH3 is 3. The molecule has 1 saturated heterocycles. The number of aromatic nitrogens is 2. The van der Waals surface area contributed by atoms with Crippen molar-refractivity contribution >= 4 is 23.2 Å². The number of amides is 1. The first kappa shape index (κ1) is 19.5. The molecule has 0 saturated carbocycles. The van der Waals surface area contributed by atoms with E-state index in [1.165, 1.54) is 0 Å². The highest BCUT2D eigenvalue weighted by Gasteiger charge is 2.24. The number of anilines is 3. The number of carbonyl (C=O) groups excluding carboxylic acids is 1. The molecule has 2 heterocycles. The molecule has 0 aliphatic carbocycles. The third kappa shape index (κ3) is 4.19. The number of hydrogen-bond acceptors (Lipinski definition) is 8. The van der Waals surface area contributed by atoms with Crippen molar-refractivity contribution < 1.29 is 19.0 Å². The molecule has 9 heteroatoms. The molecule has 1 aromatic heterocycles. The number of piperidine rings is 1. The van der Waals surface area contributed by atoms with Gasteiger partial charge < -0.3 is 30.2 Å². The Morgan fingerprint density at radius 2 is 1.71 bits per heavy atom. The maximum Gasteiger partial charge on any atom is 0.220 e. The van der Waals surface area contributed by atoms with E-state index in [-0.39, 0.29) is 11.8 Å². The third-order valence-electron chi connectivity index (χ3n) is 4.81. The molecule has 1 fully saturated rings. The molecule has 2 aromatic rings. The summed E-state index contributed by atoms with van der Waals surface area (Å²) in [6.45, 7) is 1.48. The first-order valence-corrected chi connectivity index (χ1v) is 9.00. The van der Waals surface area contributed by atoms with Crippen LogP contribution in [0.1, 0.15) is 12.8 Å². The molecule has 0 bridgehead atoms. The summed E-state index contributed by atoms with van der Waals surface area (Å²) in [5.74, 6) is 2.71. The van der Waals surface area contributed by atoms with Gasteiger partial charge in [-0.25, -0.2) is 0 Å². The van der Waals surface area contributed by atoms with E-state index in [0.29, 0.717) is 23.1 Å². The summed E-state index contributed by atoms with van der Waals surface area (Å²) >= 11 is 0. The Morgan fingerprint density at radius 3 is 2.18 bits per heavy atom. The van der Waals surface area contributed by atoms with Gasteiger partial charge in [0.05, 0.1) is 21.3 Å². The number of ether oxygens (including phenoxy) is 3. The van der Waals surface area contributed by atoms with E-state index in [9.17, 15) is 4.79 Å². The van der Waals surface area contributed by atoms with E-state index < -0.39 is 0 Å². The summed E-state index contributed by atoms with van der Waals surface area (Å²) < 4.78 is 16.0. The van der Waals surface area contributed by atoms with Gasteiger partial charge in [0, 0.05) is 36.8 Å². The van der Waals surface area contributed by atoms with E-state index in [1.54, 1.807) is 33.5 Å². The lowest BCUT2D eigenvalue weighted by Crippen LogP contribution is -2.39. The van der Waals surface area contributed by atoms with Crippen molar-refractivity contribution in [2.24, 2.45) is 11.7 Å². The first-order valence-electron chi connectivity index (χ1n) is 9.00. The topological polar surface area (TPSA) is 112 Å². The van der Waals surface area contributed by atoms with Crippen molar-refractivity contribution in [2.45, 2.75) is 12.8 Å². The van der Waals surface area contributed by atoms with Crippen molar-refractivity contribution in [3.63, 3.8) is 0 Å². The third-order valence-corrected chi connectivity index (χ3v) is 4.81. The van der Waals surface area contributed by atoms with Gasteiger partial charge in [0.25, 0.3) is 0 Å². The van der Waals surface area contributed by atoms with Crippen LogP contribution in [-0.2, 0) is 4.79 Å². The van der Waals surface area contributed by atoms with Crippen molar-refractivity contribution in [1.82, 2.24) is 10.2 Å². The Bertz CT molecular complexity index is 795. The molecular weight excluding hydrogens is 362 g/mol. The largest absolute Gasteiger partial charge is 0.493 e. The number of rotatable bonds is 7. The second kappa shape index (κ2) is 8.64. The highest BCUT2D eigenvalue weighted by Crippen LogP contribution is 2.40. The van der Waals surface area contributed by atoms with Crippen LogP contribution in [0.2, 0.25) is 0 Å². The molecule has 3 N–H and O–H groups in total. The smallest absolute Gasteiger partial charge is 0.220 e. The maximum atomic E-state index is 11.3. The Balaban J connectivity index is 1.70. The Hall–Kier alpha value is -3.23. The van der Waals surface area contributed by atoms with Crippen LogP contribution < -0.4 is 30.2 Å². The summed E-state index contributed by atoms with van der Waals surface area (Å²) in [5, 5.41) is 11.7. The van der Waals surface area contributed by atoms with Gasteiger partial charge in [-0.2, -0.15) is 0 Å². The quantitative estimate of drug-likeness (QED) is 0.741. The van der Waals surface area contributed by atoms with Gasteiger partial charge in [0.1, 0.15) is 0 Å². The zero-order chi connectivity index (χ0) is 20.1. The lowest BCUT2D eigenvalue weighted by molar-refractivity contribution is -0.122. The van der Waals surface area contributed by atoms with E-state index >= 15 is 0 Å². The van der Waals surface area contributed by atoms with E-state index in [1.807, 2.05) is 12.1 Å². The van der Waals surface area contributed by atoms with E-state index in [0.717, 1.165) is 37.4 Å². The SMILES string of the molecule is COc1cc(Nc2ccc(N3CCC(C(N)=O)CC3)nn2)cc(OC)c1OC. The van der Waals surface area contributed by atoms with Gasteiger partial charge in [-0.3, -0.25) is 4.79 Å². The maximum absolute atomic E-state index is 11.3. The number of nitrogens with two attached hydrogens (primary N) is 1. The predicted molar refractivity (Wildman–Crippen MR) is 106 cm³/mol. The standard InChI is InChI=1S/C19H25N5O4/c1-26-14-10-13(11-15(27-2)18(14)28-3)21-16-4-5-17(23-22-16)24-8-6-12(7-9-24)19(20)25/h4-5,10-12H,6-9H2,1-3H3,(H2,20,25)(H,21,22). The number of nitrogens with zero attached hydrogens (tertiary/aromatic N) is 3. The summed E-state index contributed by atoms with van der Waals surface area (Å²) in [7, 11) is 4.69. The van der Waals surface area contributed by atoms with Crippen molar-refractivity contribution in [2.75, 3.05) is 44.6 Å². The molecule has 150 valence electrons. The first-order chi connectivity index (χ1) is 13.5. The molecule has 28 heavy (non-hydrogen) atoms. The van der Waals surface area contributed by atoms with Crippen molar-refractivity contribution in [1.29, 1.82) is 0 Å². The molecule has 9 nitrogen and oxygen atoms in total. The van der Waals surface area contributed by atoms with Crippen LogP contribution in [0.25, 0.3) is 0 Å². The minimum absolute atomic E-state index is 0.0508. The normalized spacial score (nSPS) is 14.5. The van der Waals surface area contributed by atoms with Crippen LogP contribution in [0.3, 0.4) is 0 Å². The van der Waals surface area contributed by atoms with Crippen molar-refractivity contribution in [3.05, 3.63) is 24.3 Å². The fraction of sp³-hybridized carbons (Fsp3) is 0.421. The van der Waals surface area contributed by atoms with Gasteiger partial charge in [0.15, 0.2) is 23.1 Å². The van der Waals surface area contributed by atoms with Crippen LogP contribution in [0.15, 0.2) is 24.3 Å². The number of carbonyl (C=O) groups is 1.